The maximum atomic E-state index is 2.41. The first-order chi connectivity index (χ1) is 13.5. The lowest BCUT2D eigenvalue weighted by atomic mass is 9.83. The van der Waals surface area contributed by atoms with E-state index in [0.717, 1.165) is 0 Å². The lowest BCUT2D eigenvalue weighted by Gasteiger charge is -2.24. The largest absolute Gasteiger partial charge is 1.00 e. The molecule has 0 radical (unpaired) electrons. The number of benzene rings is 3. The highest BCUT2D eigenvalue weighted by Crippen LogP contribution is 2.47. The Hall–Kier alpha value is -2.40. The third-order valence-corrected chi connectivity index (χ3v) is 6.33. The van der Waals surface area contributed by atoms with Gasteiger partial charge in [0, 0.05) is 41.5 Å². The van der Waals surface area contributed by atoms with Gasteiger partial charge in [0.2, 0.25) is 11.0 Å². The third kappa shape index (κ3) is 2.86. The van der Waals surface area contributed by atoms with Gasteiger partial charge in [0.1, 0.15) is 7.05 Å². The fraction of sp³-hybridized carbons (Fsp3) is 0.192. The number of halogens is 1. The first kappa shape index (κ1) is 19.9. The first-order valence-corrected chi connectivity index (χ1v) is 9.85. The van der Waals surface area contributed by atoms with E-state index >= 15 is 0 Å². The van der Waals surface area contributed by atoms with Gasteiger partial charge in [-0.15, -0.1) is 0 Å². The van der Waals surface area contributed by atoms with Gasteiger partial charge in [-0.3, -0.25) is 0 Å². The number of pyridine rings is 1. The number of nitrogens with zero attached hydrogens (tertiary/aromatic N) is 2. The lowest BCUT2D eigenvalue weighted by Crippen LogP contribution is -3.00. The average molecular weight is 492 g/mol. The Kier molecular flexibility index (Phi) is 4.89. The van der Waals surface area contributed by atoms with Crippen molar-refractivity contribution in [1.29, 1.82) is 0 Å². The summed E-state index contributed by atoms with van der Waals surface area (Å²) in [6, 6.07) is 26.2. The van der Waals surface area contributed by atoms with Gasteiger partial charge in [-0.2, -0.15) is 4.57 Å². The van der Waals surface area contributed by atoms with Gasteiger partial charge >= 0.3 is 0 Å². The minimum atomic E-state index is -0.0361. The molecule has 0 bridgehead atoms. The highest BCUT2D eigenvalue weighted by Gasteiger charge is 2.38. The number of allylic oxidation sites excluding steroid dienone is 1. The van der Waals surface area contributed by atoms with E-state index in [1.165, 1.54) is 44.3 Å². The number of rotatable bonds is 1. The van der Waals surface area contributed by atoms with Gasteiger partial charge < -0.3 is 28.9 Å². The molecule has 5 rings (SSSR count). The topological polar surface area (TPSA) is 7.12 Å². The first-order valence-electron chi connectivity index (χ1n) is 9.85. The molecule has 0 N–H and O–H groups in total. The number of aromatic nitrogens is 1. The van der Waals surface area contributed by atoms with E-state index in [-0.39, 0.29) is 29.4 Å². The SMILES string of the molecule is CN1C(=Cc2c3ccccc3[n+](C)c3ccccc23)C(C)(C)c2ccccc21.[I-]. The molecule has 29 heavy (non-hydrogen) atoms. The summed E-state index contributed by atoms with van der Waals surface area (Å²) in [6.45, 7) is 4.66. The third-order valence-electron chi connectivity index (χ3n) is 6.33. The Labute approximate surface area is 189 Å². The number of hydrogen-bond acceptors (Lipinski definition) is 1. The average Bonchev–Trinajstić information content (AvgIpc) is 2.91. The molecule has 0 unspecified atom stereocenters. The zero-order chi connectivity index (χ0) is 19.5. The second kappa shape index (κ2) is 7.13. The number of para-hydroxylation sites is 3. The minimum Gasteiger partial charge on any atom is -1.00 e. The second-order valence-electron chi connectivity index (χ2n) is 8.24. The molecule has 0 atom stereocenters. The van der Waals surface area contributed by atoms with Crippen molar-refractivity contribution in [2.45, 2.75) is 19.3 Å². The van der Waals surface area contributed by atoms with E-state index in [4.69, 9.17) is 0 Å². The summed E-state index contributed by atoms with van der Waals surface area (Å²) in [5.41, 5.74) is 7.79. The maximum absolute atomic E-state index is 2.41. The molecule has 0 saturated heterocycles. The summed E-state index contributed by atoms with van der Waals surface area (Å²) >= 11 is 0. The number of aryl methyl sites for hydroxylation is 1. The molecule has 0 aliphatic carbocycles. The number of fused-ring (bicyclic) bond motifs is 3. The Bertz CT molecular complexity index is 1210. The van der Waals surface area contributed by atoms with Gasteiger partial charge in [-0.25, -0.2) is 0 Å². The standard InChI is InChI=1S/C26H25N2.HI/c1-26(2)21-13-7-10-16-24(21)28(4)25(26)17-20-18-11-5-8-14-22(18)27(3)23-15-9-6-12-19(20)23;/h5-17H,1-4H3;1H/q+1;/p-1. The van der Waals surface area contributed by atoms with Gasteiger partial charge in [0.05, 0.1) is 10.8 Å². The Morgan fingerprint density at radius 3 is 1.90 bits per heavy atom. The molecule has 1 aromatic heterocycles. The zero-order valence-corrected chi connectivity index (χ0v) is 19.4. The van der Waals surface area contributed by atoms with Crippen molar-refractivity contribution < 1.29 is 28.5 Å². The predicted molar refractivity (Wildman–Crippen MR) is 118 cm³/mol. The van der Waals surface area contributed by atoms with Crippen molar-refractivity contribution in [1.82, 2.24) is 0 Å². The van der Waals surface area contributed by atoms with E-state index in [0.29, 0.717) is 0 Å². The number of anilines is 1. The molecule has 0 saturated carbocycles. The quantitative estimate of drug-likeness (QED) is 0.225. The molecule has 3 aromatic carbocycles. The molecular weight excluding hydrogens is 467 g/mol. The normalized spacial score (nSPS) is 16.3. The van der Waals surface area contributed by atoms with Crippen LogP contribution in [0.3, 0.4) is 0 Å². The zero-order valence-electron chi connectivity index (χ0n) is 17.3. The predicted octanol–water partition coefficient (Wildman–Crippen LogP) is 2.59. The molecule has 1 aliphatic rings. The maximum Gasteiger partial charge on any atom is 0.213 e. The fourth-order valence-electron chi connectivity index (χ4n) is 4.81. The van der Waals surface area contributed by atoms with E-state index in [9.17, 15) is 0 Å². The van der Waals surface area contributed by atoms with Crippen molar-refractivity contribution in [3.05, 3.63) is 89.6 Å². The summed E-state index contributed by atoms with van der Waals surface area (Å²) in [7, 11) is 4.34. The van der Waals surface area contributed by atoms with Gasteiger partial charge in [0.25, 0.3) is 0 Å². The molecule has 4 aromatic rings. The van der Waals surface area contributed by atoms with Gasteiger partial charge in [-0.1, -0.05) is 56.3 Å². The highest BCUT2D eigenvalue weighted by molar-refractivity contribution is 6.01. The molecule has 3 heteroatoms. The molecule has 2 heterocycles. The molecule has 0 spiro atoms. The van der Waals surface area contributed by atoms with E-state index < -0.39 is 0 Å². The van der Waals surface area contributed by atoms with Crippen molar-refractivity contribution in [3.8, 4) is 0 Å². The Morgan fingerprint density at radius 1 is 0.793 bits per heavy atom. The van der Waals surface area contributed by atoms with Crippen molar-refractivity contribution in [2.75, 3.05) is 11.9 Å². The highest BCUT2D eigenvalue weighted by atomic mass is 127. The van der Waals surface area contributed by atoms with Gasteiger partial charge in [0.15, 0.2) is 0 Å². The van der Waals surface area contributed by atoms with Gasteiger partial charge in [-0.05, 0) is 29.8 Å². The van der Waals surface area contributed by atoms with Crippen LogP contribution in [-0.2, 0) is 12.5 Å². The lowest BCUT2D eigenvalue weighted by molar-refractivity contribution is -0.617. The molecule has 0 fully saturated rings. The van der Waals surface area contributed by atoms with E-state index in [2.05, 4.69) is 116 Å². The van der Waals surface area contributed by atoms with Crippen LogP contribution in [0.25, 0.3) is 27.9 Å². The van der Waals surface area contributed by atoms with Crippen LogP contribution < -0.4 is 33.4 Å². The number of hydrogen-bond donors (Lipinski definition) is 0. The molecule has 146 valence electrons. The summed E-state index contributed by atoms with van der Waals surface area (Å²) in [4.78, 5) is 2.35. The van der Waals surface area contributed by atoms with Crippen LogP contribution >= 0.6 is 0 Å². The van der Waals surface area contributed by atoms with Crippen LogP contribution in [0.1, 0.15) is 25.0 Å². The van der Waals surface area contributed by atoms with E-state index in [1.807, 2.05) is 0 Å². The number of likely N-dealkylation sites (N-methyl/N-ethyl adjacent to an activating group) is 1. The summed E-state index contributed by atoms with van der Waals surface area (Å²) in [6.07, 6.45) is 2.41. The van der Waals surface area contributed by atoms with Crippen LogP contribution in [0.5, 0.6) is 0 Å². The minimum absolute atomic E-state index is 0. The summed E-state index contributed by atoms with van der Waals surface area (Å²) in [5, 5.41) is 2.58. The second-order valence-corrected chi connectivity index (χ2v) is 8.24. The van der Waals surface area contributed by atoms with E-state index in [1.54, 1.807) is 0 Å². The monoisotopic (exact) mass is 492 g/mol. The van der Waals surface area contributed by atoms with Crippen LogP contribution in [0.4, 0.5) is 5.69 Å². The fourth-order valence-corrected chi connectivity index (χ4v) is 4.81. The van der Waals surface area contributed by atoms with Crippen molar-refractivity contribution in [2.24, 2.45) is 7.05 Å². The van der Waals surface area contributed by atoms with Crippen LogP contribution in [0.2, 0.25) is 0 Å². The van der Waals surface area contributed by atoms with Crippen LogP contribution in [-0.4, -0.2) is 7.05 Å². The van der Waals surface area contributed by atoms with Crippen LogP contribution in [0.15, 0.2) is 78.5 Å². The summed E-state index contributed by atoms with van der Waals surface area (Å²) in [5.74, 6) is 0. The molecule has 1 aliphatic heterocycles. The van der Waals surface area contributed by atoms with Crippen molar-refractivity contribution in [3.63, 3.8) is 0 Å². The van der Waals surface area contributed by atoms with Crippen LogP contribution in [0, 0.1) is 0 Å². The smallest absolute Gasteiger partial charge is 0.213 e. The molecule has 2 nitrogen and oxygen atoms in total. The van der Waals surface area contributed by atoms with Crippen molar-refractivity contribution >= 4 is 33.6 Å². The molecule has 0 amide bonds. The Morgan fingerprint density at radius 2 is 1.31 bits per heavy atom. The summed E-state index contributed by atoms with van der Waals surface area (Å²) < 4.78 is 2.30. The molecular formula is C26H25IN2. The Balaban J connectivity index is 0.00000205.